The van der Waals surface area contributed by atoms with Gasteiger partial charge in [-0.3, -0.25) is 0 Å². The first-order valence-corrected chi connectivity index (χ1v) is 7.51. The quantitative estimate of drug-likeness (QED) is 0.932. The van der Waals surface area contributed by atoms with E-state index < -0.39 is 5.97 Å². The number of rotatable bonds is 4. The largest absolute Gasteiger partial charge is 0.497 e. The fraction of sp³-hybridized carbons (Fsp3) is 0.294. The van der Waals surface area contributed by atoms with Crippen molar-refractivity contribution in [2.24, 2.45) is 0 Å². The van der Waals surface area contributed by atoms with Gasteiger partial charge >= 0.3 is 5.97 Å². The second-order valence-corrected chi connectivity index (χ2v) is 5.36. The van der Waals surface area contributed by atoms with Crippen LogP contribution in [0.4, 0.5) is 11.5 Å². The average Bonchev–Trinajstić information content (AvgIpc) is 2.62. The summed E-state index contributed by atoms with van der Waals surface area (Å²) in [5.41, 5.74) is 1.37. The van der Waals surface area contributed by atoms with Gasteiger partial charge in [0.2, 0.25) is 0 Å². The van der Waals surface area contributed by atoms with Gasteiger partial charge in [-0.1, -0.05) is 6.07 Å². The molecule has 2 aromatic rings. The zero-order valence-electron chi connectivity index (χ0n) is 13.0. The monoisotopic (exact) mass is 313 g/mol. The summed E-state index contributed by atoms with van der Waals surface area (Å²) in [6.07, 6.45) is 1.64. The fourth-order valence-corrected chi connectivity index (χ4v) is 2.80. The van der Waals surface area contributed by atoms with E-state index in [-0.39, 0.29) is 5.56 Å². The Morgan fingerprint density at radius 1 is 1.13 bits per heavy atom. The molecule has 0 amide bonds. The highest BCUT2D eigenvalue weighted by atomic mass is 16.5. The van der Waals surface area contributed by atoms with Gasteiger partial charge in [-0.2, -0.15) is 0 Å². The van der Waals surface area contributed by atoms with Crippen LogP contribution in [0.5, 0.6) is 5.75 Å². The zero-order chi connectivity index (χ0) is 16.2. The minimum absolute atomic E-state index is 0.252. The van der Waals surface area contributed by atoms with Gasteiger partial charge in [0.25, 0.3) is 0 Å². The highest BCUT2D eigenvalue weighted by molar-refractivity contribution is 5.93. The van der Waals surface area contributed by atoms with Gasteiger partial charge in [-0.25, -0.2) is 9.78 Å². The summed E-state index contributed by atoms with van der Waals surface area (Å²) in [4.78, 5) is 19.9. The maximum absolute atomic E-state index is 11.3. The molecular weight excluding hydrogens is 294 g/mol. The van der Waals surface area contributed by atoms with E-state index in [1.807, 2.05) is 23.1 Å². The molecule has 0 aliphatic carbocycles. The Hall–Kier alpha value is -2.76. The molecule has 0 radical (unpaired) electrons. The average molecular weight is 313 g/mol. The Morgan fingerprint density at radius 2 is 1.87 bits per heavy atom. The fourth-order valence-electron chi connectivity index (χ4n) is 2.80. The Morgan fingerprint density at radius 3 is 2.57 bits per heavy atom. The SMILES string of the molecule is COc1cccc(N2CCN(c3ncccc3C(=O)O)CC2)c1. The van der Waals surface area contributed by atoms with E-state index in [1.54, 1.807) is 25.4 Å². The number of aromatic carboxylic acids is 1. The number of nitrogens with zero attached hydrogens (tertiary/aromatic N) is 3. The number of benzene rings is 1. The molecule has 1 aromatic carbocycles. The van der Waals surface area contributed by atoms with Crippen molar-refractivity contribution < 1.29 is 14.6 Å². The number of hydrogen-bond acceptors (Lipinski definition) is 5. The van der Waals surface area contributed by atoms with Crippen molar-refractivity contribution in [1.82, 2.24) is 4.98 Å². The molecule has 0 saturated carbocycles. The standard InChI is InChI=1S/C17H19N3O3/c1-23-14-5-2-4-13(12-14)19-8-10-20(11-9-19)16-15(17(21)22)6-3-7-18-16/h2-7,12H,8-11H2,1H3,(H,21,22). The molecule has 6 nitrogen and oxygen atoms in total. The van der Waals surface area contributed by atoms with E-state index in [4.69, 9.17) is 4.74 Å². The predicted octanol–water partition coefficient (Wildman–Crippen LogP) is 2.11. The molecule has 3 rings (SSSR count). The second kappa shape index (κ2) is 6.56. The summed E-state index contributed by atoms with van der Waals surface area (Å²) in [6.45, 7) is 3.08. The molecule has 0 atom stereocenters. The van der Waals surface area contributed by atoms with E-state index in [0.717, 1.165) is 37.6 Å². The number of methoxy groups -OCH3 is 1. The van der Waals surface area contributed by atoms with Gasteiger partial charge in [0.15, 0.2) is 0 Å². The van der Waals surface area contributed by atoms with Gasteiger partial charge in [0.1, 0.15) is 17.1 Å². The number of carboxylic acid groups (broad SMARTS) is 1. The molecule has 0 bridgehead atoms. The first-order chi connectivity index (χ1) is 11.2. The summed E-state index contributed by atoms with van der Waals surface area (Å²) < 4.78 is 5.27. The minimum atomic E-state index is -0.941. The molecule has 1 N–H and O–H groups in total. The highest BCUT2D eigenvalue weighted by Gasteiger charge is 2.22. The van der Waals surface area contributed by atoms with E-state index >= 15 is 0 Å². The van der Waals surface area contributed by atoms with E-state index in [0.29, 0.717) is 5.82 Å². The van der Waals surface area contributed by atoms with Crippen LogP contribution in [0.2, 0.25) is 0 Å². The second-order valence-electron chi connectivity index (χ2n) is 5.36. The minimum Gasteiger partial charge on any atom is -0.497 e. The topological polar surface area (TPSA) is 65.9 Å². The number of pyridine rings is 1. The molecule has 1 aromatic heterocycles. The van der Waals surface area contributed by atoms with E-state index in [9.17, 15) is 9.90 Å². The third kappa shape index (κ3) is 3.21. The van der Waals surface area contributed by atoms with Crippen LogP contribution in [0.1, 0.15) is 10.4 Å². The summed E-state index contributed by atoms with van der Waals surface area (Å²) in [5, 5.41) is 9.29. The lowest BCUT2D eigenvalue weighted by molar-refractivity contribution is 0.0697. The molecule has 1 aliphatic heterocycles. The molecule has 6 heteroatoms. The van der Waals surface area contributed by atoms with Crippen molar-refractivity contribution in [2.45, 2.75) is 0 Å². The third-order valence-corrected chi connectivity index (χ3v) is 4.01. The number of carboxylic acids is 1. The summed E-state index contributed by atoms with van der Waals surface area (Å²) in [6, 6.07) is 11.2. The van der Waals surface area contributed by atoms with Crippen molar-refractivity contribution in [2.75, 3.05) is 43.1 Å². The Bertz CT molecular complexity index is 697. The summed E-state index contributed by atoms with van der Waals surface area (Å²) in [7, 11) is 1.66. The van der Waals surface area contributed by atoms with Gasteiger partial charge < -0.3 is 19.6 Å². The lowest BCUT2D eigenvalue weighted by Gasteiger charge is -2.37. The molecule has 0 spiro atoms. The zero-order valence-corrected chi connectivity index (χ0v) is 13.0. The van der Waals surface area contributed by atoms with Crippen LogP contribution in [0.3, 0.4) is 0 Å². The van der Waals surface area contributed by atoms with Crippen molar-refractivity contribution in [1.29, 1.82) is 0 Å². The van der Waals surface area contributed by atoms with Crippen molar-refractivity contribution in [3.63, 3.8) is 0 Å². The Balaban J connectivity index is 1.72. The molecule has 2 heterocycles. The number of piperazine rings is 1. The van der Waals surface area contributed by atoms with Crippen molar-refractivity contribution >= 4 is 17.5 Å². The predicted molar refractivity (Wildman–Crippen MR) is 88.6 cm³/mol. The first-order valence-electron chi connectivity index (χ1n) is 7.51. The molecular formula is C17H19N3O3. The summed E-state index contributed by atoms with van der Waals surface area (Å²) >= 11 is 0. The van der Waals surface area contributed by atoms with Crippen LogP contribution in [-0.4, -0.2) is 49.3 Å². The van der Waals surface area contributed by atoms with Crippen LogP contribution < -0.4 is 14.5 Å². The van der Waals surface area contributed by atoms with Gasteiger partial charge in [-0.15, -0.1) is 0 Å². The molecule has 0 unspecified atom stereocenters. The first kappa shape index (κ1) is 15.1. The van der Waals surface area contributed by atoms with Gasteiger partial charge in [0, 0.05) is 44.1 Å². The van der Waals surface area contributed by atoms with E-state index in [1.165, 1.54) is 0 Å². The number of hydrogen-bond donors (Lipinski definition) is 1. The molecule has 1 saturated heterocycles. The lowest BCUT2D eigenvalue weighted by Crippen LogP contribution is -2.47. The van der Waals surface area contributed by atoms with Crippen LogP contribution >= 0.6 is 0 Å². The Labute approximate surface area is 134 Å². The van der Waals surface area contributed by atoms with Crippen LogP contribution in [0.15, 0.2) is 42.6 Å². The summed E-state index contributed by atoms with van der Waals surface area (Å²) in [5.74, 6) is 0.441. The van der Waals surface area contributed by atoms with Crippen LogP contribution in [-0.2, 0) is 0 Å². The Kier molecular flexibility index (Phi) is 4.32. The normalized spacial score (nSPS) is 14.7. The maximum atomic E-state index is 11.3. The van der Waals surface area contributed by atoms with E-state index in [2.05, 4.69) is 16.0 Å². The number of carbonyl (C=O) groups is 1. The highest BCUT2D eigenvalue weighted by Crippen LogP contribution is 2.24. The lowest BCUT2D eigenvalue weighted by atomic mass is 10.2. The number of aromatic nitrogens is 1. The smallest absolute Gasteiger partial charge is 0.339 e. The van der Waals surface area contributed by atoms with Gasteiger partial charge in [-0.05, 0) is 24.3 Å². The number of anilines is 2. The third-order valence-electron chi connectivity index (χ3n) is 4.01. The molecule has 120 valence electrons. The van der Waals surface area contributed by atoms with Crippen molar-refractivity contribution in [3.8, 4) is 5.75 Å². The van der Waals surface area contributed by atoms with Crippen molar-refractivity contribution in [3.05, 3.63) is 48.2 Å². The van der Waals surface area contributed by atoms with Crippen LogP contribution in [0, 0.1) is 0 Å². The van der Waals surface area contributed by atoms with Crippen LogP contribution in [0.25, 0.3) is 0 Å². The number of ether oxygens (including phenoxy) is 1. The van der Waals surface area contributed by atoms with Gasteiger partial charge in [0.05, 0.1) is 7.11 Å². The molecule has 1 fully saturated rings. The molecule has 23 heavy (non-hydrogen) atoms. The maximum Gasteiger partial charge on any atom is 0.339 e. The molecule has 1 aliphatic rings.